The highest BCUT2D eigenvalue weighted by Gasteiger charge is 2.41. The van der Waals surface area contributed by atoms with Gasteiger partial charge in [-0.15, -0.1) is 0 Å². The van der Waals surface area contributed by atoms with E-state index in [2.05, 4.69) is 106 Å². The van der Waals surface area contributed by atoms with Crippen LogP contribution in [0, 0.1) is 42.9 Å². The summed E-state index contributed by atoms with van der Waals surface area (Å²) in [6.07, 6.45) is 13.6. The number of H-pyrrole nitrogens is 2. The summed E-state index contributed by atoms with van der Waals surface area (Å²) in [6, 6.07) is 38.1. The molecule has 2 amide bonds. The Bertz CT molecular complexity index is 6110. The number of β-amino-alcohol motifs (C(OH)–C–C–N with tert-alkyl or cyclic N) is 1. The zero-order chi connectivity index (χ0) is 88.0. The topological polar surface area (TPSA) is 347 Å². The number of fused-ring (bicyclic) bond motifs is 4. The largest absolute Gasteiger partial charge is 0.493 e. The van der Waals surface area contributed by atoms with E-state index in [9.17, 15) is 51.8 Å². The number of hydrogen-bond acceptors (Lipinski definition) is 23. The molecule has 3 fully saturated rings. The second-order valence-corrected chi connectivity index (χ2v) is 40.3. The number of ether oxygens (including phenoxy) is 4. The first-order valence-electron chi connectivity index (χ1n) is 42.1. The molecular formula is C92H102Cl2N14O15S2. The molecule has 5 N–H and O–H groups in total. The van der Waals surface area contributed by atoms with Crippen molar-refractivity contribution in [2.75, 3.05) is 129 Å². The number of pyridine rings is 2. The number of piperazine rings is 2. The normalized spacial score (nSPS) is 19.1. The van der Waals surface area contributed by atoms with Crippen LogP contribution in [0.15, 0.2) is 179 Å². The van der Waals surface area contributed by atoms with Gasteiger partial charge in [0.1, 0.15) is 45.8 Å². The van der Waals surface area contributed by atoms with Gasteiger partial charge < -0.3 is 48.7 Å². The number of nitro groups is 2. The lowest BCUT2D eigenvalue weighted by atomic mass is 9.72. The van der Waals surface area contributed by atoms with Crippen LogP contribution in [-0.2, 0) is 32.9 Å². The average molecular weight is 1780 g/mol. The smallest absolute Gasteiger partial charge is 0.277 e. The van der Waals surface area contributed by atoms with E-state index in [0.717, 1.165) is 135 Å². The van der Waals surface area contributed by atoms with Crippen molar-refractivity contribution >= 4 is 111 Å². The predicted octanol–water partition coefficient (Wildman–Crippen LogP) is 15.4. The maximum absolute atomic E-state index is 14.0. The fourth-order valence-corrected chi connectivity index (χ4v) is 20.5. The van der Waals surface area contributed by atoms with Gasteiger partial charge in [-0.1, -0.05) is 86.3 Å². The number of amides is 2. The number of aliphatic hydroxyl groups is 1. The SMILES string of the molecule is CC1(C)CCC(CN2CCN(c3ccc(C(=O)NS(=O)(=O)c4cc5c(c([N+](=O)[O-])c4)C[C@H](CN4CC(C)(O)C4)CO5)c(Oc4cnc5[nH]ccc5c4)c3)CC2)=C(c2ccc(Cl)cc2)C1.CN(C)C[C@H]1COc2cc(S(=O)(=O)NC(=O)c3ccc(N4CCN(CC5=C(c6ccc(Cl)cc6)CC(C)(C)CC5)CC4)cc3Oc3cnc4[nH]ccc4c3)cc([N+](=O)[O-])c2C1. The van der Waals surface area contributed by atoms with E-state index in [1.165, 1.54) is 64.0 Å². The molecule has 3 saturated heterocycles. The van der Waals surface area contributed by atoms with Crippen LogP contribution < -0.4 is 38.2 Å². The molecule has 17 rings (SSSR count). The molecule has 0 unspecified atom stereocenters. The number of likely N-dealkylation sites (tertiary alicyclic amines) is 1. The first-order chi connectivity index (χ1) is 59.6. The van der Waals surface area contributed by atoms with Crippen molar-refractivity contribution in [1.82, 2.24) is 49.0 Å². The van der Waals surface area contributed by atoms with Gasteiger partial charge in [-0.05, 0) is 178 Å². The van der Waals surface area contributed by atoms with Crippen molar-refractivity contribution in [2.24, 2.45) is 22.7 Å². The van der Waals surface area contributed by atoms with Gasteiger partial charge in [0.15, 0.2) is 0 Å². The van der Waals surface area contributed by atoms with E-state index in [0.29, 0.717) is 80.5 Å². The fourth-order valence-electron chi connectivity index (χ4n) is 18.2. The van der Waals surface area contributed by atoms with Gasteiger partial charge in [0.2, 0.25) is 0 Å². The lowest BCUT2D eigenvalue weighted by Crippen LogP contribution is -2.61. The molecule has 2 aliphatic carbocycles. The molecule has 0 bridgehead atoms. The number of carbonyl (C=O) groups is 2. The highest BCUT2D eigenvalue weighted by Crippen LogP contribution is 2.47. The Kier molecular flexibility index (Phi) is 25.0. The number of aromatic nitrogens is 4. The summed E-state index contributed by atoms with van der Waals surface area (Å²) in [5.41, 5.74) is 10.5. The molecule has 656 valence electrons. The molecule has 7 aliphatic rings. The van der Waals surface area contributed by atoms with E-state index in [1.807, 2.05) is 55.4 Å². The minimum absolute atomic E-state index is 0.0113. The molecule has 4 aromatic heterocycles. The van der Waals surface area contributed by atoms with Crippen molar-refractivity contribution in [3.63, 3.8) is 0 Å². The highest BCUT2D eigenvalue weighted by atomic mass is 35.5. The molecule has 29 nitrogen and oxygen atoms in total. The molecule has 2 atom stereocenters. The van der Waals surface area contributed by atoms with E-state index in [1.54, 1.807) is 61.8 Å². The minimum atomic E-state index is -4.65. The summed E-state index contributed by atoms with van der Waals surface area (Å²) in [5.74, 6) is -0.931. The second-order valence-electron chi connectivity index (χ2n) is 36.0. The van der Waals surface area contributed by atoms with Gasteiger partial charge in [-0.2, -0.15) is 0 Å². The molecule has 0 spiro atoms. The molecular weight excluding hydrogens is 1680 g/mol. The first-order valence-corrected chi connectivity index (χ1v) is 45.8. The maximum atomic E-state index is 14.0. The van der Waals surface area contributed by atoms with Gasteiger partial charge in [0.25, 0.3) is 43.2 Å². The highest BCUT2D eigenvalue weighted by molar-refractivity contribution is 7.90. The van der Waals surface area contributed by atoms with Crippen LogP contribution >= 0.6 is 23.2 Å². The molecule has 125 heavy (non-hydrogen) atoms. The van der Waals surface area contributed by atoms with E-state index >= 15 is 0 Å². The molecule has 10 aromatic rings. The van der Waals surface area contributed by atoms with Crippen molar-refractivity contribution in [3.05, 3.63) is 233 Å². The Balaban J connectivity index is 0.000000185. The molecule has 9 heterocycles. The maximum Gasteiger partial charge on any atom is 0.277 e. The van der Waals surface area contributed by atoms with E-state index in [-0.39, 0.29) is 81.3 Å². The minimum Gasteiger partial charge on any atom is -0.493 e. The van der Waals surface area contributed by atoms with Crippen molar-refractivity contribution in [2.45, 2.75) is 101 Å². The number of allylic oxidation sites excluding steroid dienone is 2. The monoisotopic (exact) mass is 1780 g/mol. The van der Waals surface area contributed by atoms with Crippen molar-refractivity contribution < 1.29 is 60.3 Å². The number of aromatic amines is 2. The summed E-state index contributed by atoms with van der Waals surface area (Å²) in [5, 5.41) is 37.7. The van der Waals surface area contributed by atoms with Crippen molar-refractivity contribution in [3.8, 4) is 34.5 Å². The van der Waals surface area contributed by atoms with Crippen LogP contribution in [0.25, 0.3) is 33.2 Å². The van der Waals surface area contributed by atoms with Crippen LogP contribution in [0.3, 0.4) is 0 Å². The van der Waals surface area contributed by atoms with Crippen molar-refractivity contribution in [1.29, 1.82) is 0 Å². The predicted molar refractivity (Wildman–Crippen MR) is 481 cm³/mol. The zero-order valence-electron chi connectivity index (χ0n) is 70.8. The van der Waals surface area contributed by atoms with Crippen LogP contribution in [0.5, 0.6) is 34.5 Å². The van der Waals surface area contributed by atoms with Gasteiger partial charge in [0, 0.05) is 184 Å². The van der Waals surface area contributed by atoms with Gasteiger partial charge >= 0.3 is 0 Å². The van der Waals surface area contributed by atoms with Gasteiger partial charge in [0.05, 0.1) is 73.1 Å². The summed E-state index contributed by atoms with van der Waals surface area (Å²) in [6.45, 7) is 21.7. The molecule has 0 radical (unpaired) electrons. The number of carbonyl (C=O) groups excluding carboxylic acids is 2. The summed E-state index contributed by atoms with van der Waals surface area (Å²) in [7, 11) is -5.45. The lowest BCUT2D eigenvalue weighted by Gasteiger charge is -2.46. The molecule has 5 aliphatic heterocycles. The Morgan fingerprint density at radius 3 is 1.39 bits per heavy atom. The molecule has 33 heteroatoms. The number of nitrogens with one attached hydrogen (secondary N) is 4. The summed E-state index contributed by atoms with van der Waals surface area (Å²) in [4.78, 5) is 78.7. The second kappa shape index (κ2) is 35.8. The number of nitrogens with zero attached hydrogens (tertiary/aromatic N) is 10. The third-order valence-corrected chi connectivity index (χ3v) is 27.8. The third kappa shape index (κ3) is 20.4. The number of nitro benzene ring substituents is 2. The van der Waals surface area contributed by atoms with E-state index < -0.39 is 62.8 Å². The number of halogens is 2. The Morgan fingerprint density at radius 2 is 0.984 bits per heavy atom. The third-order valence-electron chi connectivity index (χ3n) is 24.7. The fraction of sp³-hybridized carbons (Fsp3) is 0.391. The number of anilines is 2. The van der Waals surface area contributed by atoms with Crippen LogP contribution in [0.4, 0.5) is 22.7 Å². The zero-order valence-corrected chi connectivity index (χ0v) is 74.0. The molecule has 0 saturated carbocycles. The number of sulfonamides is 2. The Hall–Kier alpha value is -11.0. The number of benzene rings is 6. The van der Waals surface area contributed by atoms with Crippen LogP contribution in [0.2, 0.25) is 10.0 Å². The van der Waals surface area contributed by atoms with E-state index in [4.69, 9.17) is 42.1 Å². The van der Waals surface area contributed by atoms with Crippen LogP contribution in [0.1, 0.15) is 116 Å². The van der Waals surface area contributed by atoms with Gasteiger partial charge in [-0.25, -0.2) is 36.2 Å². The standard InChI is InChI=1S/C47H52ClN7O8S.C45H50ClN7O7S/c1-46(2)12-10-33(40(23-46)31-4-6-34(48)7-5-31)26-52-14-16-54(17-15-52)35-8-9-38(43(20-35)63-36-19-32-11-13-49-44(32)50-24-36)45(56)51-64(60,61)37-21-41(55(58)59)39-18-30(27-62-42(39)22-37)25-53-28-47(3,57)29-53;1-45(2)13-11-32(39(24-45)30-5-7-33(46)8-6-30)27-51-15-17-52(18-16-51)34-9-10-37(42(21-34)60-35-20-31-12-14-47-43(31)48-25-35)44(54)49-61(57,58)36-22-40(53(55)56)38-19-29(26-50(3)4)28-59-41(38)23-36/h4-9,11,13,19-22,24,30,57H,10,12,14-18,23,25-29H2,1-3H3,(H,49,50)(H,51,56);5-10,12,14,20-23,25,29H,11,13,15-19,24,26-28H2,1-4H3,(H,47,48)(H,49,54)/t30-;29-/m10/s1. The van der Waals surface area contributed by atoms with Crippen LogP contribution in [-0.4, -0.2) is 208 Å². The quantitative estimate of drug-likeness (QED) is 0.0277. The Morgan fingerprint density at radius 1 is 0.568 bits per heavy atom. The first kappa shape index (κ1) is 87.5. The molecule has 6 aromatic carbocycles. The Labute approximate surface area is 736 Å². The lowest BCUT2D eigenvalue weighted by molar-refractivity contribution is -0.386. The number of hydrogen-bond donors (Lipinski definition) is 5. The number of rotatable bonds is 24. The summed E-state index contributed by atoms with van der Waals surface area (Å²) < 4.78 is 84.1. The summed E-state index contributed by atoms with van der Waals surface area (Å²) >= 11 is 12.5. The van der Waals surface area contributed by atoms with Gasteiger partial charge in [-0.3, -0.25) is 44.5 Å². The average Bonchev–Trinajstić information content (AvgIpc) is 1.15.